The molecule has 0 saturated carbocycles. The fourth-order valence-corrected chi connectivity index (χ4v) is 3.85. The molecule has 0 aromatic carbocycles. The Bertz CT molecular complexity index is 385. The molecule has 1 aliphatic rings. The normalized spacial score (nSPS) is 25.0. The molecule has 0 aliphatic carbocycles. The Morgan fingerprint density at radius 2 is 1.34 bits per heavy atom. The van der Waals surface area contributed by atoms with Crippen LogP contribution in [0.2, 0.25) is 0 Å². The lowest BCUT2D eigenvalue weighted by Gasteiger charge is -2.36. The van der Waals surface area contributed by atoms with Crippen LogP contribution in [-0.2, 0) is 9.47 Å². The maximum absolute atomic E-state index is 9.97. The van der Waals surface area contributed by atoms with Gasteiger partial charge >= 0.3 is 0 Å². The van der Waals surface area contributed by atoms with Crippen molar-refractivity contribution in [3.63, 3.8) is 0 Å². The fourth-order valence-electron chi connectivity index (χ4n) is 3.85. The van der Waals surface area contributed by atoms with Crippen molar-refractivity contribution in [1.82, 2.24) is 0 Å². The van der Waals surface area contributed by atoms with Crippen LogP contribution < -0.4 is 0 Å². The van der Waals surface area contributed by atoms with Crippen molar-refractivity contribution in [3.05, 3.63) is 12.3 Å². The summed E-state index contributed by atoms with van der Waals surface area (Å²) in [6.07, 6.45) is 20.1. The quantitative estimate of drug-likeness (QED) is 0.220. The second kappa shape index (κ2) is 18.2. The van der Waals surface area contributed by atoms with Crippen molar-refractivity contribution in [2.24, 2.45) is 0 Å². The van der Waals surface area contributed by atoms with Crippen molar-refractivity contribution in [3.8, 4) is 0 Å². The zero-order valence-electron chi connectivity index (χ0n) is 18.6. The van der Waals surface area contributed by atoms with Crippen LogP contribution in [0.25, 0.3) is 0 Å². The van der Waals surface area contributed by atoms with Gasteiger partial charge in [0.05, 0.1) is 19.5 Å². The highest BCUT2D eigenvalue weighted by Gasteiger charge is 2.39. The Morgan fingerprint density at radius 3 is 1.86 bits per heavy atom. The number of ether oxygens (including phenoxy) is 2. The summed E-state index contributed by atoms with van der Waals surface area (Å²) in [6, 6.07) is 0. The standard InChI is InChI=1S/C24H46O5/c1-2-3-4-5-6-7-8-9-10-11-12-13-14-15-16-17-18-28-24-22(19-25)29-20-21(26)23(24)27/h17-18,21-27H,2-16,19-20H2,1H3/b18-17+/t21-,22+,23+,24+/m1/s1. The molecule has 1 rings (SSSR count). The molecular weight excluding hydrogens is 368 g/mol. The molecule has 1 fully saturated rings. The van der Waals surface area contributed by atoms with E-state index >= 15 is 0 Å². The van der Waals surface area contributed by atoms with E-state index in [4.69, 9.17) is 9.47 Å². The Kier molecular flexibility index (Phi) is 16.6. The van der Waals surface area contributed by atoms with Gasteiger partial charge in [0.1, 0.15) is 18.3 Å². The summed E-state index contributed by atoms with van der Waals surface area (Å²) < 4.78 is 10.8. The molecule has 172 valence electrons. The molecule has 4 atom stereocenters. The predicted molar refractivity (Wildman–Crippen MR) is 118 cm³/mol. The third kappa shape index (κ3) is 12.6. The number of allylic oxidation sites excluding steroid dienone is 1. The van der Waals surface area contributed by atoms with E-state index in [1.807, 2.05) is 6.08 Å². The average molecular weight is 415 g/mol. The third-order valence-corrected chi connectivity index (χ3v) is 5.81. The van der Waals surface area contributed by atoms with E-state index in [0.717, 1.165) is 12.8 Å². The summed E-state index contributed by atoms with van der Waals surface area (Å²) in [5.74, 6) is 0. The lowest BCUT2D eigenvalue weighted by molar-refractivity contribution is -0.197. The zero-order chi connectivity index (χ0) is 21.2. The monoisotopic (exact) mass is 414 g/mol. The van der Waals surface area contributed by atoms with Crippen molar-refractivity contribution in [2.75, 3.05) is 13.2 Å². The molecule has 1 aliphatic heterocycles. The van der Waals surface area contributed by atoms with Crippen LogP contribution in [0.4, 0.5) is 0 Å². The van der Waals surface area contributed by atoms with Crippen LogP contribution in [0.5, 0.6) is 0 Å². The van der Waals surface area contributed by atoms with Crippen molar-refractivity contribution in [1.29, 1.82) is 0 Å². The molecule has 0 aromatic rings. The van der Waals surface area contributed by atoms with Gasteiger partial charge in [-0.3, -0.25) is 0 Å². The molecule has 29 heavy (non-hydrogen) atoms. The van der Waals surface area contributed by atoms with Crippen LogP contribution in [0.15, 0.2) is 12.3 Å². The second-order valence-corrected chi connectivity index (χ2v) is 8.47. The number of aliphatic hydroxyl groups excluding tert-OH is 3. The Labute approximate surface area is 178 Å². The van der Waals surface area contributed by atoms with E-state index in [9.17, 15) is 15.3 Å². The minimum Gasteiger partial charge on any atom is -0.493 e. The average Bonchev–Trinajstić information content (AvgIpc) is 2.73. The Balaban J connectivity index is 1.89. The maximum Gasteiger partial charge on any atom is 0.154 e. The van der Waals surface area contributed by atoms with Crippen LogP contribution in [0, 0.1) is 0 Å². The highest BCUT2D eigenvalue weighted by atomic mass is 16.6. The van der Waals surface area contributed by atoms with Gasteiger partial charge in [0.2, 0.25) is 0 Å². The zero-order valence-corrected chi connectivity index (χ0v) is 18.6. The molecule has 0 radical (unpaired) electrons. The summed E-state index contributed by atoms with van der Waals surface area (Å²) in [6.45, 7) is 2.06. The first-order valence-corrected chi connectivity index (χ1v) is 12.1. The van der Waals surface area contributed by atoms with Gasteiger partial charge in [0.25, 0.3) is 0 Å². The number of unbranched alkanes of at least 4 members (excludes halogenated alkanes) is 14. The maximum atomic E-state index is 9.97. The van der Waals surface area contributed by atoms with E-state index < -0.39 is 24.4 Å². The first-order chi connectivity index (χ1) is 14.2. The molecule has 0 spiro atoms. The molecule has 3 N–H and O–H groups in total. The Morgan fingerprint density at radius 1 is 0.828 bits per heavy atom. The molecule has 0 unspecified atom stereocenters. The van der Waals surface area contributed by atoms with E-state index in [1.165, 1.54) is 83.5 Å². The van der Waals surface area contributed by atoms with Crippen LogP contribution in [0.3, 0.4) is 0 Å². The minimum atomic E-state index is -1.04. The summed E-state index contributed by atoms with van der Waals surface area (Å²) in [5, 5.41) is 28.9. The number of hydrogen-bond donors (Lipinski definition) is 3. The molecule has 0 bridgehead atoms. The van der Waals surface area contributed by atoms with Crippen LogP contribution >= 0.6 is 0 Å². The summed E-state index contributed by atoms with van der Waals surface area (Å²) in [4.78, 5) is 0. The predicted octanol–water partition coefficient (Wildman–Crippen LogP) is 4.87. The van der Waals surface area contributed by atoms with E-state index in [-0.39, 0.29) is 13.2 Å². The van der Waals surface area contributed by atoms with Crippen LogP contribution in [-0.4, -0.2) is 52.9 Å². The van der Waals surface area contributed by atoms with Gasteiger partial charge in [0.15, 0.2) is 6.10 Å². The molecular formula is C24H46O5. The van der Waals surface area contributed by atoms with Crippen LogP contribution in [0.1, 0.15) is 103 Å². The number of rotatable bonds is 18. The fraction of sp³-hybridized carbons (Fsp3) is 0.917. The molecule has 5 heteroatoms. The molecule has 1 saturated heterocycles. The highest BCUT2D eigenvalue weighted by Crippen LogP contribution is 2.19. The number of hydrogen-bond acceptors (Lipinski definition) is 5. The smallest absolute Gasteiger partial charge is 0.154 e. The van der Waals surface area contributed by atoms with Gasteiger partial charge in [-0.15, -0.1) is 0 Å². The van der Waals surface area contributed by atoms with Crippen molar-refractivity contribution >= 4 is 0 Å². The van der Waals surface area contributed by atoms with E-state index in [2.05, 4.69) is 6.92 Å². The molecule has 5 nitrogen and oxygen atoms in total. The largest absolute Gasteiger partial charge is 0.493 e. The second-order valence-electron chi connectivity index (χ2n) is 8.47. The first kappa shape index (κ1) is 26.4. The van der Waals surface area contributed by atoms with E-state index in [0.29, 0.717) is 0 Å². The van der Waals surface area contributed by atoms with Gasteiger partial charge in [-0.1, -0.05) is 90.4 Å². The topological polar surface area (TPSA) is 79.2 Å². The lowest BCUT2D eigenvalue weighted by atomic mass is 10.0. The van der Waals surface area contributed by atoms with Crippen molar-refractivity contribution < 1.29 is 24.8 Å². The molecule has 1 heterocycles. The van der Waals surface area contributed by atoms with Gasteiger partial charge < -0.3 is 24.8 Å². The molecule has 0 amide bonds. The van der Waals surface area contributed by atoms with Gasteiger partial charge in [-0.25, -0.2) is 0 Å². The van der Waals surface area contributed by atoms with E-state index in [1.54, 1.807) is 6.26 Å². The SMILES string of the molecule is CCCCCCCCCCCCCCCC/C=C/O[C@@H]1[C@@H](O)[C@H](O)CO[C@H]1CO. The number of aliphatic hydroxyl groups is 3. The minimum absolute atomic E-state index is 0.0228. The van der Waals surface area contributed by atoms with Crippen molar-refractivity contribution in [2.45, 2.75) is 128 Å². The van der Waals surface area contributed by atoms with Gasteiger partial charge in [0, 0.05) is 0 Å². The summed E-state index contributed by atoms with van der Waals surface area (Å²) >= 11 is 0. The third-order valence-electron chi connectivity index (χ3n) is 5.81. The lowest BCUT2D eigenvalue weighted by Crippen LogP contribution is -2.54. The highest BCUT2D eigenvalue weighted by molar-refractivity contribution is 4.89. The summed E-state index contributed by atoms with van der Waals surface area (Å²) in [7, 11) is 0. The Hall–Kier alpha value is -0.620. The first-order valence-electron chi connectivity index (χ1n) is 12.1. The molecule has 0 aromatic heterocycles. The summed E-state index contributed by atoms with van der Waals surface area (Å²) in [5.41, 5.74) is 0. The van der Waals surface area contributed by atoms with Gasteiger partial charge in [-0.2, -0.15) is 0 Å². The van der Waals surface area contributed by atoms with Gasteiger partial charge in [-0.05, 0) is 18.9 Å².